The monoisotopic (exact) mass is 394 g/mol. The Morgan fingerprint density at radius 1 is 1.23 bits per heavy atom. The Labute approximate surface area is 157 Å². The zero-order valence-electron chi connectivity index (χ0n) is 14.2. The third-order valence-corrected chi connectivity index (χ3v) is 5.80. The predicted molar refractivity (Wildman–Crippen MR) is 101 cm³/mol. The molecular weight excluding hydrogens is 376 g/mol. The fourth-order valence-electron chi connectivity index (χ4n) is 2.93. The Morgan fingerprint density at radius 2 is 1.96 bits per heavy atom. The maximum absolute atomic E-state index is 12.5. The summed E-state index contributed by atoms with van der Waals surface area (Å²) in [5.74, 6) is -0.147. The number of carbonyl (C=O) groups excluding carboxylic acids is 1. The van der Waals surface area contributed by atoms with Gasteiger partial charge in [0.2, 0.25) is 0 Å². The van der Waals surface area contributed by atoms with Crippen LogP contribution in [0.2, 0.25) is 5.02 Å². The highest BCUT2D eigenvalue weighted by Crippen LogP contribution is 2.31. The fourth-order valence-corrected chi connectivity index (χ4v) is 4.10. The Bertz CT molecular complexity index is 913. The number of methoxy groups -OCH3 is 1. The molecule has 0 unspecified atom stereocenters. The molecule has 26 heavy (non-hydrogen) atoms. The van der Waals surface area contributed by atoms with Gasteiger partial charge in [-0.05, 0) is 54.8 Å². The molecule has 1 heterocycles. The van der Waals surface area contributed by atoms with Crippen molar-refractivity contribution in [2.45, 2.75) is 17.7 Å². The van der Waals surface area contributed by atoms with E-state index in [1.54, 1.807) is 17.0 Å². The summed E-state index contributed by atoms with van der Waals surface area (Å²) in [5, 5.41) is 0.463. The standard InChI is InChI=1S/C18H19ClN2O4S/c1-25-12-18(22)21-10-2-3-13-4-7-15(11-17(13)21)20-26(23,24)16-8-5-14(19)6-9-16/h4-9,11,20H,2-3,10,12H2,1H3. The number of anilines is 2. The molecule has 0 saturated heterocycles. The summed E-state index contributed by atoms with van der Waals surface area (Å²) in [6.07, 6.45) is 1.70. The normalized spacial score (nSPS) is 14.0. The molecule has 1 N–H and O–H groups in total. The maximum Gasteiger partial charge on any atom is 0.261 e. The van der Waals surface area contributed by atoms with Crippen LogP contribution in [0, 0.1) is 0 Å². The smallest absolute Gasteiger partial charge is 0.261 e. The van der Waals surface area contributed by atoms with Crippen molar-refractivity contribution in [1.82, 2.24) is 0 Å². The van der Waals surface area contributed by atoms with Crippen molar-refractivity contribution in [1.29, 1.82) is 0 Å². The van der Waals surface area contributed by atoms with E-state index < -0.39 is 10.0 Å². The van der Waals surface area contributed by atoms with Gasteiger partial charge in [0.05, 0.1) is 10.6 Å². The number of halogens is 1. The Kier molecular flexibility index (Phi) is 5.50. The molecular formula is C18H19ClN2O4S. The second-order valence-electron chi connectivity index (χ2n) is 5.98. The van der Waals surface area contributed by atoms with Crippen LogP contribution in [0.3, 0.4) is 0 Å². The molecule has 0 bridgehead atoms. The molecule has 8 heteroatoms. The Hall–Kier alpha value is -2.09. The number of carbonyl (C=O) groups is 1. The maximum atomic E-state index is 12.5. The number of sulfonamides is 1. The van der Waals surface area contributed by atoms with Gasteiger partial charge in [-0.1, -0.05) is 17.7 Å². The minimum atomic E-state index is -3.74. The number of hydrogen-bond acceptors (Lipinski definition) is 4. The van der Waals surface area contributed by atoms with Crippen LogP contribution in [0.1, 0.15) is 12.0 Å². The summed E-state index contributed by atoms with van der Waals surface area (Å²) in [7, 11) is -2.27. The summed E-state index contributed by atoms with van der Waals surface area (Å²) < 4.78 is 32.6. The lowest BCUT2D eigenvalue weighted by atomic mass is 10.0. The van der Waals surface area contributed by atoms with Crippen molar-refractivity contribution in [3.05, 3.63) is 53.1 Å². The molecule has 3 rings (SSSR count). The highest BCUT2D eigenvalue weighted by Gasteiger charge is 2.23. The first-order valence-electron chi connectivity index (χ1n) is 8.11. The van der Waals surface area contributed by atoms with E-state index in [1.165, 1.54) is 31.4 Å². The van der Waals surface area contributed by atoms with Crippen molar-refractivity contribution in [2.75, 3.05) is 29.9 Å². The van der Waals surface area contributed by atoms with Gasteiger partial charge >= 0.3 is 0 Å². The zero-order chi connectivity index (χ0) is 18.7. The summed E-state index contributed by atoms with van der Waals surface area (Å²) >= 11 is 5.81. The first-order valence-corrected chi connectivity index (χ1v) is 9.97. The first-order chi connectivity index (χ1) is 12.4. The van der Waals surface area contributed by atoms with Crippen molar-refractivity contribution < 1.29 is 17.9 Å². The molecule has 138 valence electrons. The van der Waals surface area contributed by atoms with Crippen LogP contribution in [0.5, 0.6) is 0 Å². The molecule has 0 radical (unpaired) electrons. The van der Waals surface area contributed by atoms with Gasteiger partial charge in [-0.2, -0.15) is 0 Å². The molecule has 0 aliphatic carbocycles. The van der Waals surface area contributed by atoms with E-state index in [1.807, 2.05) is 6.07 Å². The van der Waals surface area contributed by atoms with E-state index in [9.17, 15) is 13.2 Å². The van der Waals surface area contributed by atoms with Crippen LogP contribution in [0.4, 0.5) is 11.4 Å². The lowest BCUT2D eigenvalue weighted by Gasteiger charge is -2.30. The van der Waals surface area contributed by atoms with Crippen LogP contribution in [0.25, 0.3) is 0 Å². The molecule has 0 atom stereocenters. The number of aryl methyl sites for hydroxylation is 1. The van der Waals surface area contributed by atoms with Gasteiger partial charge in [-0.25, -0.2) is 8.42 Å². The van der Waals surface area contributed by atoms with E-state index in [0.717, 1.165) is 24.1 Å². The van der Waals surface area contributed by atoms with Gasteiger partial charge in [0.25, 0.3) is 15.9 Å². The van der Waals surface area contributed by atoms with Gasteiger partial charge in [0.1, 0.15) is 6.61 Å². The fraction of sp³-hybridized carbons (Fsp3) is 0.278. The average molecular weight is 395 g/mol. The molecule has 0 spiro atoms. The Balaban J connectivity index is 1.89. The number of amides is 1. The number of nitrogens with one attached hydrogen (secondary N) is 1. The topological polar surface area (TPSA) is 75.7 Å². The lowest BCUT2D eigenvalue weighted by Crippen LogP contribution is -2.37. The molecule has 0 fully saturated rings. The third-order valence-electron chi connectivity index (χ3n) is 4.15. The third kappa shape index (κ3) is 4.00. The van der Waals surface area contributed by atoms with Crippen LogP contribution < -0.4 is 9.62 Å². The molecule has 0 saturated carbocycles. The second-order valence-corrected chi connectivity index (χ2v) is 8.10. The number of nitrogens with zero attached hydrogens (tertiary/aromatic N) is 1. The van der Waals surface area contributed by atoms with Gasteiger partial charge in [0, 0.05) is 24.4 Å². The minimum absolute atomic E-state index is 0.0137. The van der Waals surface area contributed by atoms with Crippen molar-refractivity contribution in [3.8, 4) is 0 Å². The number of ether oxygens (including phenoxy) is 1. The molecule has 1 aliphatic rings. The molecule has 6 nitrogen and oxygen atoms in total. The summed E-state index contributed by atoms with van der Waals surface area (Å²) in [6, 6.07) is 11.2. The van der Waals surface area contributed by atoms with E-state index in [-0.39, 0.29) is 17.4 Å². The molecule has 2 aromatic carbocycles. The lowest BCUT2D eigenvalue weighted by molar-refractivity contribution is -0.122. The molecule has 1 aliphatic heterocycles. The average Bonchev–Trinajstić information content (AvgIpc) is 2.61. The van der Waals surface area contributed by atoms with E-state index in [0.29, 0.717) is 17.3 Å². The van der Waals surface area contributed by atoms with E-state index in [2.05, 4.69) is 4.72 Å². The number of fused-ring (bicyclic) bond motifs is 1. The highest BCUT2D eigenvalue weighted by molar-refractivity contribution is 7.92. The van der Waals surface area contributed by atoms with Crippen molar-refractivity contribution in [3.63, 3.8) is 0 Å². The van der Waals surface area contributed by atoms with Crippen molar-refractivity contribution in [2.24, 2.45) is 0 Å². The van der Waals surface area contributed by atoms with E-state index >= 15 is 0 Å². The number of hydrogen-bond donors (Lipinski definition) is 1. The van der Waals surface area contributed by atoms with E-state index in [4.69, 9.17) is 16.3 Å². The van der Waals surface area contributed by atoms with Crippen LogP contribution in [0.15, 0.2) is 47.4 Å². The molecule has 2 aromatic rings. The predicted octanol–water partition coefficient (Wildman–Crippen LogP) is 3.07. The first kappa shape index (κ1) is 18.7. The van der Waals surface area contributed by atoms with Crippen LogP contribution in [-0.4, -0.2) is 34.6 Å². The SMILES string of the molecule is COCC(=O)N1CCCc2ccc(NS(=O)(=O)c3ccc(Cl)cc3)cc21. The largest absolute Gasteiger partial charge is 0.375 e. The van der Waals surface area contributed by atoms with Gasteiger partial charge in [0.15, 0.2) is 0 Å². The Morgan fingerprint density at radius 3 is 2.65 bits per heavy atom. The minimum Gasteiger partial charge on any atom is -0.375 e. The van der Waals surface area contributed by atoms with Crippen LogP contribution >= 0.6 is 11.6 Å². The van der Waals surface area contributed by atoms with Gasteiger partial charge in [-0.3, -0.25) is 9.52 Å². The summed E-state index contributed by atoms with van der Waals surface area (Å²) in [4.78, 5) is 14.0. The summed E-state index contributed by atoms with van der Waals surface area (Å²) in [5.41, 5.74) is 2.13. The van der Waals surface area contributed by atoms with Gasteiger partial charge in [-0.15, -0.1) is 0 Å². The second kappa shape index (κ2) is 7.65. The summed E-state index contributed by atoms with van der Waals surface area (Å²) in [6.45, 7) is 0.572. The highest BCUT2D eigenvalue weighted by atomic mass is 35.5. The molecule has 0 aromatic heterocycles. The molecule has 1 amide bonds. The number of rotatable bonds is 5. The van der Waals surface area contributed by atoms with Crippen molar-refractivity contribution >= 4 is 38.9 Å². The number of benzene rings is 2. The zero-order valence-corrected chi connectivity index (χ0v) is 15.8. The van der Waals surface area contributed by atoms with Crippen LogP contribution in [-0.2, 0) is 26.0 Å². The quantitative estimate of drug-likeness (QED) is 0.845. The van der Waals surface area contributed by atoms with Gasteiger partial charge < -0.3 is 9.64 Å².